The first-order valence-corrected chi connectivity index (χ1v) is 4.70. The van der Waals surface area contributed by atoms with Gasteiger partial charge in [-0.3, -0.25) is 0 Å². The Balaban J connectivity index is 2.29. The van der Waals surface area contributed by atoms with Crippen LogP contribution in [0.1, 0.15) is 16.7 Å². The van der Waals surface area contributed by atoms with Gasteiger partial charge in [0.05, 0.1) is 11.6 Å². The fourth-order valence-electron chi connectivity index (χ4n) is 1.79. The fourth-order valence-corrected chi connectivity index (χ4v) is 1.79. The summed E-state index contributed by atoms with van der Waals surface area (Å²) in [6, 6.07) is 7.49. The lowest BCUT2D eigenvalue weighted by atomic mass is 9.98. The van der Waals surface area contributed by atoms with Gasteiger partial charge in [0.25, 0.3) is 0 Å². The van der Waals surface area contributed by atoms with Crippen LogP contribution in [0.5, 0.6) is 0 Å². The molecule has 0 fully saturated rings. The Morgan fingerprint density at radius 2 is 2.27 bits per heavy atom. The lowest BCUT2D eigenvalue weighted by Crippen LogP contribution is -2.34. The normalized spacial score (nSPS) is 14.2. The second-order valence-electron chi connectivity index (χ2n) is 3.55. The van der Waals surface area contributed by atoms with Crippen molar-refractivity contribution in [2.24, 2.45) is 0 Å². The summed E-state index contributed by atoms with van der Waals surface area (Å²) in [5.74, 6) is 0. The number of amides is 1. The predicted molar refractivity (Wildman–Crippen MR) is 53.3 cm³/mol. The molecule has 1 N–H and O–H groups in total. The van der Waals surface area contributed by atoms with E-state index in [1.165, 1.54) is 4.90 Å². The monoisotopic (exact) mass is 202 g/mol. The number of rotatable bonds is 0. The SMILES string of the molecule is N#Cc1ccc2c(c1)CCN(C(=O)O)C2. The van der Waals surface area contributed by atoms with Gasteiger partial charge in [-0.15, -0.1) is 0 Å². The Kier molecular flexibility index (Phi) is 2.30. The molecule has 0 unspecified atom stereocenters. The van der Waals surface area contributed by atoms with E-state index in [9.17, 15) is 4.79 Å². The Morgan fingerprint density at radius 1 is 1.47 bits per heavy atom. The van der Waals surface area contributed by atoms with Crippen LogP contribution in [0.3, 0.4) is 0 Å². The molecule has 1 heterocycles. The number of nitriles is 1. The summed E-state index contributed by atoms with van der Waals surface area (Å²) in [5.41, 5.74) is 2.73. The van der Waals surface area contributed by atoms with E-state index in [1.807, 2.05) is 12.1 Å². The summed E-state index contributed by atoms with van der Waals surface area (Å²) in [7, 11) is 0. The van der Waals surface area contributed by atoms with Crippen LogP contribution >= 0.6 is 0 Å². The molecule has 1 amide bonds. The number of carbonyl (C=O) groups is 1. The van der Waals surface area contributed by atoms with E-state index in [2.05, 4.69) is 6.07 Å². The third-order valence-corrected chi connectivity index (χ3v) is 2.62. The molecule has 0 saturated heterocycles. The molecule has 76 valence electrons. The highest BCUT2D eigenvalue weighted by molar-refractivity contribution is 5.65. The zero-order valence-corrected chi connectivity index (χ0v) is 8.10. The maximum atomic E-state index is 10.8. The topological polar surface area (TPSA) is 64.3 Å². The number of hydrogen-bond donors (Lipinski definition) is 1. The summed E-state index contributed by atoms with van der Waals surface area (Å²) in [4.78, 5) is 12.1. The average Bonchev–Trinajstić information content (AvgIpc) is 2.27. The van der Waals surface area contributed by atoms with Crippen LogP contribution in [0.15, 0.2) is 18.2 Å². The second kappa shape index (κ2) is 3.62. The van der Waals surface area contributed by atoms with E-state index in [4.69, 9.17) is 10.4 Å². The smallest absolute Gasteiger partial charge is 0.407 e. The molecule has 1 aromatic rings. The molecule has 4 heteroatoms. The molecule has 0 aromatic heterocycles. The number of carboxylic acid groups (broad SMARTS) is 1. The molecule has 15 heavy (non-hydrogen) atoms. The summed E-state index contributed by atoms with van der Waals surface area (Å²) >= 11 is 0. The largest absolute Gasteiger partial charge is 0.465 e. The van der Waals surface area contributed by atoms with Crippen LogP contribution in [0.4, 0.5) is 4.79 Å². The molecular formula is C11H10N2O2. The number of benzene rings is 1. The van der Waals surface area contributed by atoms with Crippen molar-refractivity contribution in [3.05, 3.63) is 34.9 Å². The van der Waals surface area contributed by atoms with E-state index in [-0.39, 0.29) is 0 Å². The third kappa shape index (κ3) is 1.77. The summed E-state index contributed by atoms with van der Waals surface area (Å²) in [6.07, 6.45) is -0.193. The van der Waals surface area contributed by atoms with Crippen LogP contribution in [0.2, 0.25) is 0 Å². The van der Waals surface area contributed by atoms with E-state index in [0.717, 1.165) is 11.1 Å². The molecule has 2 rings (SSSR count). The predicted octanol–water partition coefficient (Wildman–Crippen LogP) is 1.59. The zero-order chi connectivity index (χ0) is 10.8. The van der Waals surface area contributed by atoms with Gasteiger partial charge >= 0.3 is 6.09 Å². The van der Waals surface area contributed by atoms with Gasteiger partial charge in [-0.1, -0.05) is 6.07 Å². The number of hydrogen-bond acceptors (Lipinski definition) is 2. The lowest BCUT2D eigenvalue weighted by molar-refractivity contribution is 0.140. The van der Waals surface area contributed by atoms with Crippen LogP contribution in [-0.2, 0) is 13.0 Å². The van der Waals surface area contributed by atoms with E-state index < -0.39 is 6.09 Å². The van der Waals surface area contributed by atoms with Gasteiger partial charge in [0.2, 0.25) is 0 Å². The van der Waals surface area contributed by atoms with E-state index >= 15 is 0 Å². The molecule has 0 radical (unpaired) electrons. The van der Waals surface area contributed by atoms with Gasteiger partial charge in [-0.05, 0) is 29.7 Å². The van der Waals surface area contributed by atoms with Crippen molar-refractivity contribution in [1.82, 2.24) is 4.90 Å². The Hall–Kier alpha value is -2.02. The summed E-state index contributed by atoms with van der Waals surface area (Å²) < 4.78 is 0. The third-order valence-electron chi connectivity index (χ3n) is 2.62. The van der Waals surface area contributed by atoms with Gasteiger partial charge in [0, 0.05) is 13.1 Å². The first-order valence-electron chi connectivity index (χ1n) is 4.70. The highest BCUT2D eigenvalue weighted by Gasteiger charge is 2.19. The van der Waals surface area contributed by atoms with Gasteiger partial charge < -0.3 is 10.0 Å². The number of nitrogens with zero attached hydrogens (tertiary/aromatic N) is 2. The number of fused-ring (bicyclic) bond motifs is 1. The highest BCUT2D eigenvalue weighted by Crippen LogP contribution is 2.20. The molecule has 0 aliphatic carbocycles. The molecule has 0 saturated carbocycles. The fraction of sp³-hybridized carbons (Fsp3) is 0.273. The van der Waals surface area contributed by atoms with Crippen molar-refractivity contribution in [2.75, 3.05) is 6.54 Å². The molecule has 4 nitrogen and oxygen atoms in total. The highest BCUT2D eigenvalue weighted by atomic mass is 16.4. The van der Waals surface area contributed by atoms with Gasteiger partial charge in [-0.2, -0.15) is 5.26 Å². The van der Waals surface area contributed by atoms with Crippen LogP contribution in [0, 0.1) is 11.3 Å². The van der Waals surface area contributed by atoms with Crippen molar-refractivity contribution >= 4 is 6.09 Å². The van der Waals surface area contributed by atoms with Crippen molar-refractivity contribution in [2.45, 2.75) is 13.0 Å². The van der Waals surface area contributed by atoms with Gasteiger partial charge in [-0.25, -0.2) is 4.79 Å². The maximum absolute atomic E-state index is 10.8. The molecule has 0 bridgehead atoms. The minimum Gasteiger partial charge on any atom is -0.465 e. The molecule has 0 atom stereocenters. The maximum Gasteiger partial charge on any atom is 0.407 e. The summed E-state index contributed by atoms with van der Waals surface area (Å²) in [6.45, 7) is 0.938. The van der Waals surface area contributed by atoms with Crippen molar-refractivity contribution in [3.8, 4) is 6.07 Å². The Morgan fingerprint density at radius 3 is 2.93 bits per heavy atom. The first kappa shape index (κ1) is 9.53. The Bertz CT molecular complexity index is 448. The standard InChI is InChI=1S/C11H10N2O2/c12-6-8-1-2-10-7-13(11(14)15)4-3-9(10)5-8/h1-2,5H,3-4,7H2,(H,14,15). The van der Waals surface area contributed by atoms with Crippen molar-refractivity contribution in [1.29, 1.82) is 5.26 Å². The van der Waals surface area contributed by atoms with Gasteiger partial charge in [0.15, 0.2) is 0 Å². The van der Waals surface area contributed by atoms with Gasteiger partial charge in [0.1, 0.15) is 0 Å². The Labute approximate surface area is 87.4 Å². The molecule has 1 aliphatic rings. The molecular weight excluding hydrogens is 192 g/mol. The van der Waals surface area contributed by atoms with Crippen LogP contribution < -0.4 is 0 Å². The molecule has 0 spiro atoms. The van der Waals surface area contributed by atoms with Crippen LogP contribution in [0.25, 0.3) is 0 Å². The van der Waals surface area contributed by atoms with E-state index in [1.54, 1.807) is 6.07 Å². The zero-order valence-electron chi connectivity index (χ0n) is 8.10. The van der Waals surface area contributed by atoms with Crippen LogP contribution in [-0.4, -0.2) is 22.6 Å². The summed E-state index contributed by atoms with van der Waals surface area (Å²) in [5, 5.41) is 17.6. The molecule has 1 aliphatic heterocycles. The molecule has 1 aromatic carbocycles. The van der Waals surface area contributed by atoms with Crippen molar-refractivity contribution < 1.29 is 9.90 Å². The first-order chi connectivity index (χ1) is 7.20. The van der Waals surface area contributed by atoms with E-state index in [0.29, 0.717) is 25.1 Å². The minimum absolute atomic E-state index is 0.427. The van der Waals surface area contributed by atoms with Crippen molar-refractivity contribution in [3.63, 3.8) is 0 Å². The lowest BCUT2D eigenvalue weighted by Gasteiger charge is -2.26. The average molecular weight is 202 g/mol. The second-order valence-corrected chi connectivity index (χ2v) is 3.55. The quantitative estimate of drug-likeness (QED) is 0.694. The minimum atomic E-state index is -0.884.